The van der Waals surface area contributed by atoms with E-state index in [0.29, 0.717) is 0 Å². The van der Waals surface area contributed by atoms with Gasteiger partial charge in [-0.1, -0.05) is 0 Å². The molecule has 2 N–H and O–H groups in total. The summed E-state index contributed by atoms with van der Waals surface area (Å²) in [5.74, 6) is 0.865. The predicted octanol–water partition coefficient (Wildman–Crippen LogP) is 0.916. The van der Waals surface area contributed by atoms with Crippen LogP contribution in [0.1, 0.15) is 18.4 Å². The van der Waals surface area contributed by atoms with E-state index >= 15 is 0 Å². The van der Waals surface area contributed by atoms with Crippen molar-refractivity contribution in [2.45, 2.75) is 26.6 Å². The van der Waals surface area contributed by atoms with Crippen LogP contribution in [0.4, 0.5) is 0 Å². The van der Waals surface area contributed by atoms with Crippen LogP contribution in [0.3, 0.4) is 0 Å². The smallest absolute Gasteiger partial charge is 0.138 e. The molecule has 2 aromatic heterocycles. The second-order valence-electron chi connectivity index (χ2n) is 3.32. The molecule has 80 valence electrons. The van der Waals surface area contributed by atoms with Crippen LogP contribution in [-0.4, -0.2) is 19.7 Å². The molecule has 15 heavy (non-hydrogen) atoms. The van der Waals surface area contributed by atoms with Crippen molar-refractivity contribution >= 4 is 0 Å². The van der Waals surface area contributed by atoms with Crippen LogP contribution in [0.2, 0.25) is 0 Å². The summed E-state index contributed by atoms with van der Waals surface area (Å²) in [6.07, 6.45) is 3.61. The van der Waals surface area contributed by atoms with Crippen molar-refractivity contribution in [1.29, 1.82) is 0 Å². The van der Waals surface area contributed by atoms with Crippen LogP contribution in [0, 0.1) is 0 Å². The molecule has 0 aromatic carbocycles. The second-order valence-corrected chi connectivity index (χ2v) is 3.32. The first-order valence-electron chi connectivity index (χ1n) is 5.09. The molecule has 0 amide bonds. The maximum Gasteiger partial charge on any atom is 0.138 e. The predicted molar refractivity (Wildman–Crippen MR) is 57.0 cm³/mol. The molecule has 0 saturated heterocycles. The van der Waals surface area contributed by atoms with Gasteiger partial charge in [0.25, 0.3) is 0 Å². The normalized spacial score (nSPS) is 10.7. The van der Waals surface area contributed by atoms with E-state index in [1.165, 1.54) is 12.0 Å². The molecule has 0 radical (unpaired) electrons. The Morgan fingerprint density at radius 3 is 3.13 bits per heavy atom. The number of aromatic amines is 1. The summed E-state index contributed by atoms with van der Waals surface area (Å²) in [6, 6.07) is 4.19. The van der Waals surface area contributed by atoms with Crippen molar-refractivity contribution in [2.24, 2.45) is 0 Å². The number of nitrogens with one attached hydrogen (secondary N) is 2. The number of aromatic nitrogens is 4. The summed E-state index contributed by atoms with van der Waals surface area (Å²) in [6.45, 7) is 4.71. The average Bonchev–Trinajstić information content (AvgIpc) is 2.88. The van der Waals surface area contributed by atoms with Gasteiger partial charge in [0.15, 0.2) is 0 Å². The average molecular weight is 205 g/mol. The molecule has 0 atom stereocenters. The van der Waals surface area contributed by atoms with Gasteiger partial charge in [0.2, 0.25) is 0 Å². The van der Waals surface area contributed by atoms with Crippen LogP contribution in [0.15, 0.2) is 24.7 Å². The number of hydrogen-bond donors (Lipinski definition) is 2. The van der Waals surface area contributed by atoms with Crippen molar-refractivity contribution in [3.05, 3.63) is 36.2 Å². The fourth-order valence-electron chi connectivity index (χ4n) is 1.54. The minimum Gasteiger partial charge on any atom is -0.351 e. The van der Waals surface area contributed by atoms with E-state index in [0.717, 1.165) is 25.5 Å². The van der Waals surface area contributed by atoms with Crippen LogP contribution in [0.25, 0.3) is 0 Å². The SMILES string of the molecule is CCn1cccc1CNCc1ncn[nH]1. The van der Waals surface area contributed by atoms with Crippen molar-refractivity contribution < 1.29 is 0 Å². The Kier molecular flexibility index (Phi) is 3.14. The zero-order valence-corrected chi connectivity index (χ0v) is 8.77. The van der Waals surface area contributed by atoms with Crippen molar-refractivity contribution in [3.63, 3.8) is 0 Å². The first-order valence-corrected chi connectivity index (χ1v) is 5.09. The van der Waals surface area contributed by atoms with E-state index in [1.807, 2.05) is 0 Å². The topological polar surface area (TPSA) is 58.5 Å². The van der Waals surface area contributed by atoms with Gasteiger partial charge in [-0.05, 0) is 19.1 Å². The van der Waals surface area contributed by atoms with E-state index in [4.69, 9.17) is 0 Å². The van der Waals surface area contributed by atoms with E-state index in [9.17, 15) is 0 Å². The van der Waals surface area contributed by atoms with Gasteiger partial charge < -0.3 is 9.88 Å². The van der Waals surface area contributed by atoms with Gasteiger partial charge in [-0.15, -0.1) is 0 Å². The largest absolute Gasteiger partial charge is 0.351 e. The Bertz CT molecular complexity index is 390. The van der Waals surface area contributed by atoms with Crippen LogP contribution in [-0.2, 0) is 19.6 Å². The van der Waals surface area contributed by atoms with Crippen molar-refractivity contribution in [3.8, 4) is 0 Å². The zero-order chi connectivity index (χ0) is 10.5. The molecule has 0 bridgehead atoms. The number of nitrogens with zero attached hydrogens (tertiary/aromatic N) is 3. The summed E-state index contributed by atoms with van der Waals surface area (Å²) >= 11 is 0. The first kappa shape index (κ1) is 9.92. The number of hydrogen-bond acceptors (Lipinski definition) is 3. The highest BCUT2D eigenvalue weighted by Crippen LogP contribution is 2.01. The molecule has 5 nitrogen and oxygen atoms in total. The number of rotatable bonds is 5. The molecule has 0 aliphatic rings. The Balaban J connectivity index is 1.83. The van der Waals surface area contributed by atoms with Crippen LogP contribution < -0.4 is 5.32 Å². The highest BCUT2D eigenvalue weighted by molar-refractivity contribution is 5.06. The van der Waals surface area contributed by atoms with Gasteiger partial charge in [-0.2, -0.15) is 5.10 Å². The van der Waals surface area contributed by atoms with E-state index in [1.54, 1.807) is 0 Å². The Hall–Kier alpha value is -1.62. The van der Waals surface area contributed by atoms with Crippen molar-refractivity contribution in [1.82, 2.24) is 25.1 Å². The molecule has 0 unspecified atom stereocenters. The van der Waals surface area contributed by atoms with E-state index < -0.39 is 0 Å². The molecule has 5 heteroatoms. The van der Waals surface area contributed by atoms with Crippen LogP contribution in [0.5, 0.6) is 0 Å². The van der Waals surface area contributed by atoms with Gasteiger partial charge in [0, 0.05) is 25.0 Å². The van der Waals surface area contributed by atoms with Gasteiger partial charge in [0.1, 0.15) is 12.2 Å². The van der Waals surface area contributed by atoms with Gasteiger partial charge in [-0.25, -0.2) is 4.98 Å². The molecule has 0 fully saturated rings. The molecule has 2 rings (SSSR count). The summed E-state index contributed by atoms with van der Waals surface area (Å²) in [5.41, 5.74) is 1.29. The Morgan fingerprint density at radius 1 is 1.47 bits per heavy atom. The second kappa shape index (κ2) is 4.75. The fraction of sp³-hybridized carbons (Fsp3) is 0.400. The highest BCUT2D eigenvalue weighted by atomic mass is 15.2. The molecular weight excluding hydrogens is 190 g/mol. The molecule has 2 heterocycles. The molecule has 0 aliphatic carbocycles. The molecule has 2 aromatic rings. The molecule has 0 spiro atoms. The van der Waals surface area contributed by atoms with E-state index in [2.05, 4.69) is 50.3 Å². The third kappa shape index (κ3) is 2.44. The number of aryl methyl sites for hydroxylation is 1. The fourth-order valence-corrected chi connectivity index (χ4v) is 1.54. The number of H-pyrrole nitrogens is 1. The lowest BCUT2D eigenvalue weighted by atomic mass is 10.4. The lowest BCUT2D eigenvalue weighted by Crippen LogP contribution is -2.16. The zero-order valence-electron chi connectivity index (χ0n) is 8.77. The minimum atomic E-state index is 0.717. The summed E-state index contributed by atoms with van der Waals surface area (Å²) < 4.78 is 2.22. The maximum atomic E-state index is 4.04. The quantitative estimate of drug-likeness (QED) is 0.763. The van der Waals surface area contributed by atoms with Gasteiger partial charge in [0.05, 0.1) is 6.54 Å². The lowest BCUT2D eigenvalue weighted by Gasteiger charge is -2.06. The van der Waals surface area contributed by atoms with Gasteiger partial charge >= 0.3 is 0 Å². The Labute approximate surface area is 88.5 Å². The summed E-state index contributed by atoms with van der Waals surface area (Å²) in [5, 5.41) is 9.92. The van der Waals surface area contributed by atoms with Crippen LogP contribution >= 0.6 is 0 Å². The molecular formula is C10H15N5. The molecule has 0 saturated carbocycles. The van der Waals surface area contributed by atoms with E-state index in [-0.39, 0.29) is 0 Å². The standard InChI is InChI=1S/C10H15N5/c1-2-15-5-3-4-9(15)6-11-7-10-12-8-13-14-10/h3-5,8,11H,2,6-7H2,1H3,(H,12,13,14). The van der Waals surface area contributed by atoms with Crippen molar-refractivity contribution in [2.75, 3.05) is 0 Å². The Morgan fingerprint density at radius 2 is 2.40 bits per heavy atom. The van der Waals surface area contributed by atoms with Gasteiger partial charge in [-0.3, -0.25) is 5.10 Å². The third-order valence-electron chi connectivity index (χ3n) is 2.33. The minimum absolute atomic E-state index is 0.717. The molecule has 0 aliphatic heterocycles. The summed E-state index contributed by atoms with van der Waals surface area (Å²) in [7, 11) is 0. The summed E-state index contributed by atoms with van der Waals surface area (Å²) in [4.78, 5) is 4.04. The third-order valence-corrected chi connectivity index (χ3v) is 2.33. The lowest BCUT2D eigenvalue weighted by molar-refractivity contribution is 0.615. The monoisotopic (exact) mass is 205 g/mol. The highest BCUT2D eigenvalue weighted by Gasteiger charge is 1.99. The maximum absolute atomic E-state index is 4.04. The first-order chi connectivity index (χ1) is 7.40.